The van der Waals surface area contributed by atoms with E-state index < -0.39 is 11.5 Å². The van der Waals surface area contributed by atoms with E-state index in [-0.39, 0.29) is 12.5 Å². The highest BCUT2D eigenvalue weighted by molar-refractivity contribution is 5.82. The quantitative estimate of drug-likeness (QED) is 0.734. The first-order valence-corrected chi connectivity index (χ1v) is 7.95. The standard InChI is InChI=1S/C16H26N2O3/c1-16(15(20)21)9-5-11-18(16)12-14(19)17-10-8-13-6-3-2-4-7-13/h6H,2-5,7-12H2,1H3,(H,17,19)(H,20,21). The van der Waals surface area contributed by atoms with Crippen LogP contribution in [0.2, 0.25) is 0 Å². The maximum Gasteiger partial charge on any atom is 0.323 e. The first-order chi connectivity index (χ1) is 10.0. The Kier molecular flexibility index (Phi) is 5.39. The molecule has 2 rings (SSSR count). The molecule has 0 saturated carbocycles. The number of likely N-dealkylation sites (tertiary alicyclic amines) is 1. The highest BCUT2D eigenvalue weighted by Crippen LogP contribution is 2.28. The van der Waals surface area contributed by atoms with Gasteiger partial charge in [0.2, 0.25) is 5.91 Å². The third-order valence-electron chi connectivity index (χ3n) is 4.74. The first-order valence-electron chi connectivity index (χ1n) is 7.95. The predicted octanol–water partition coefficient (Wildman–Crippen LogP) is 1.93. The Balaban J connectivity index is 1.74. The van der Waals surface area contributed by atoms with Crippen LogP contribution in [0.4, 0.5) is 0 Å². The number of aliphatic carboxylic acids is 1. The maximum atomic E-state index is 12.0. The van der Waals surface area contributed by atoms with Crippen molar-refractivity contribution in [1.29, 1.82) is 0 Å². The molecule has 0 aromatic heterocycles. The SMILES string of the molecule is CC1(C(=O)O)CCCN1CC(=O)NCCC1=CCCCC1. The van der Waals surface area contributed by atoms with Crippen LogP contribution in [-0.2, 0) is 9.59 Å². The molecular formula is C16H26N2O3. The van der Waals surface area contributed by atoms with E-state index in [2.05, 4.69) is 11.4 Å². The number of nitrogens with zero attached hydrogens (tertiary/aromatic N) is 1. The van der Waals surface area contributed by atoms with Crippen LogP contribution in [0, 0.1) is 0 Å². The molecule has 0 aromatic carbocycles. The van der Waals surface area contributed by atoms with Crippen molar-refractivity contribution in [3.05, 3.63) is 11.6 Å². The molecule has 118 valence electrons. The van der Waals surface area contributed by atoms with Gasteiger partial charge < -0.3 is 10.4 Å². The van der Waals surface area contributed by atoms with Gasteiger partial charge >= 0.3 is 5.97 Å². The van der Waals surface area contributed by atoms with Crippen molar-refractivity contribution in [1.82, 2.24) is 10.2 Å². The molecule has 0 bridgehead atoms. The first kappa shape index (κ1) is 16.0. The van der Waals surface area contributed by atoms with Gasteiger partial charge in [-0.25, -0.2) is 0 Å². The van der Waals surface area contributed by atoms with Crippen molar-refractivity contribution in [3.8, 4) is 0 Å². The minimum Gasteiger partial charge on any atom is -0.480 e. The van der Waals surface area contributed by atoms with Gasteiger partial charge in [0, 0.05) is 6.54 Å². The number of carboxylic acids is 1. The second kappa shape index (κ2) is 7.07. The molecule has 0 radical (unpaired) electrons. The van der Waals surface area contributed by atoms with E-state index in [0.29, 0.717) is 19.5 Å². The largest absolute Gasteiger partial charge is 0.480 e. The fraction of sp³-hybridized carbons (Fsp3) is 0.750. The number of amides is 1. The maximum absolute atomic E-state index is 12.0. The van der Waals surface area contributed by atoms with Crippen LogP contribution in [0.1, 0.15) is 51.9 Å². The molecule has 1 unspecified atom stereocenters. The van der Waals surface area contributed by atoms with E-state index >= 15 is 0 Å². The Bertz CT molecular complexity index is 433. The molecule has 1 amide bonds. The smallest absolute Gasteiger partial charge is 0.323 e. The highest BCUT2D eigenvalue weighted by atomic mass is 16.4. The summed E-state index contributed by atoms with van der Waals surface area (Å²) in [5, 5.41) is 12.2. The predicted molar refractivity (Wildman–Crippen MR) is 81.0 cm³/mol. The average Bonchev–Trinajstić information content (AvgIpc) is 2.83. The summed E-state index contributed by atoms with van der Waals surface area (Å²) in [4.78, 5) is 25.1. The molecule has 5 heteroatoms. The van der Waals surface area contributed by atoms with E-state index in [4.69, 9.17) is 0 Å². The third-order valence-corrected chi connectivity index (χ3v) is 4.74. The molecule has 2 aliphatic rings. The summed E-state index contributed by atoms with van der Waals surface area (Å²) in [6.45, 7) is 3.23. The monoisotopic (exact) mass is 294 g/mol. The summed E-state index contributed by atoms with van der Waals surface area (Å²) >= 11 is 0. The van der Waals surface area contributed by atoms with E-state index in [1.807, 2.05) is 0 Å². The zero-order valence-electron chi connectivity index (χ0n) is 12.9. The summed E-state index contributed by atoms with van der Waals surface area (Å²) in [7, 11) is 0. The molecule has 1 atom stereocenters. The zero-order valence-corrected chi connectivity index (χ0v) is 12.9. The third kappa shape index (κ3) is 4.06. The van der Waals surface area contributed by atoms with Gasteiger partial charge in [0.25, 0.3) is 0 Å². The Morgan fingerprint density at radius 2 is 2.19 bits per heavy atom. The van der Waals surface area contributed by atoms with Gasteiger partial charge in [-0.05, 0) is 58.4 Å². The molecule has 1 aliphatic carbocycles. The van der Waals surface area contributed by atoms with Crippen LogP contribution in [0.3, 0.4) is 0 Å². The molecule has 1 aliphatic heterocycles. The topological polar surface area (TPSA) is 69.6 Å². The van der Waals surface area contributed by atoms with Gasteiger partial charge in [0.15, 0.2) is 0 Å². The Morgan fingerprint density at radius 1 is 1.38 bits per heavy atom. The van der Waals surface area contributed by atoms with Crippen LogP contribution < -0.4 is 5.32 Å². The number of carbonyl (C=O) groups is 2. The fourth-order valence-corrected chi connectivity index (χ4v) is 3.24. The van der Waals surface area contributed by atoms with Crippen molar-refractivity contribution in [3.63, 3.8) is 0 Å². The molecule has 1 fully saturated rings. The molecule has 1 heterocycles. The van der Waals surface area contributed by atoms with Gasteiger partial charge in [-0.2, -0.15) is 0 Å². The second-order valence-electron chi connectivity index (χ2n) is 6.31. The molecule has 0 aromatic rings. The average molecular weight is 294 g/mol. The normalized spacial score (nSPS) is 26.4. The van der Waals surface area contributed by atoms with Crippen molar-refractivity contribution >= 4 is 11.9 Å². The minimum absolute atomic E-state index is 0.0687. The number of carbonyl (C=O) groups excluding carboxylic acids is 1. The molecular weight excluding hydrogens is 268 g/mol. The molecule has 5 nitrogen and oxygen atoms in total. The molecule has 2 N–H and O–H groups in total. The number of nitrogens with one attached hydrogen (secondary N) is 1. The fourth-order valence-electron chi connectivity index (χ4n) is 3.24. The van der Waals surface area contributed by atoms with Crippen LogP contribution in [-0.4, -0.2) is 47.1 Å². The lowest BCUT2D eigenvalue weighted by Crippen LogP contribution is -2.51. The van der Waals surface area contributed by atoms with E-state index in [0.717, 1.165) is 25.7 Å². The Labute approximate surface area is 126 Å². The van der Waals surface area contributed by atoms with Crippen molar-refractivity contribution in [2.24, 2.45) is 0 Å². The number of allylic oxidation sites excluding steroid dienone is 1. The number of hydrogen-bond donors (Lipinski definition) is 2. The molecule has 1 saturated heterocycles. The Morgan fingerprint density at radius 3 is 2.86 bits per heavy atom. The number of hydrogen-bond acceptors (Lipinski definition) is 3. The minimum atomic E-state index is -0.886. The van der Waals surface area contributed by atoms with Gasteiger partial charge in [-0.15, -0.1) is 0 Å². The van der Waals surface area contributed by atoms with Gasteiger partial charge in [-0.3, -0.25) is 14.5 Å². The van der Waals surface area contributed by atoms with Crippen LogP contribution in [0.5, 0.6) is 0 Å². The lowest BCUT2D eigenvalue weighted by molar-refractivity contribution is -0.149. The van der Waals surface area contributed by atoms with Gasteiger partial charge in [-0.1, -0.05) is 11.6 Å². The summed E-state index contributed by atoms with van der Waals surface area (Å²) in [5.41, 5.74) is 0.557. The van der Waals surface area contributed by atoms with Gasteiger partial charge in [0.1, 0.15) is 5.54 Å². The van der Waals surface area contributed by atoms with Crippen LogP contribution >= 0.6 is 0 Å². The lowest BCUT2D eigenvalue weighted by atomic mass is 9.97. The highest BCUT2D eigenvalue weighted by Gasteiger charge is 2.43. The van der Waals surface area contributed by atoms with E-state index in [9.17, 15) is 14.7 Å². The van der Waals surface area contributed by atoms with E-state index in [1.165, 1.54) is 18.4 Å². The lowest BCUT2D eigenvalue weighted by Gasteiger charge is -2.30. The van der Waals surface area contributed by atoms with Crippen LogP contribution in [0.25, 0.3) is 0 Å². The summed E-state index contributed by atoms with van der Waals surface area (Å²) < 4.78 is 0. The van der Waals surface area contributed by atoms with Gasteiger partial charge in [0.05, 0.1) is 6.54 Å². The van der Waals surface area contributed by atoms with Crippen molar-refractivity contribution in [2.45, 2.75) is 57.4 Å². The summed E-state index contributed by atoms with van der Waals surface area (Å²) in [6.07, 6.45) is 9.50. The number of carboxylic acid groups (broad SMARTS) is 1. The zero-order chi connectivity index (χ0) is 15.3. The number of rotatable bonds is 6. The Hall–Kier alpha value is -1.36. The summed E-state index contributed by atoms with van der Waals surface area (Å²) in [6, 6.07) is 0. The molecule has 0 spiro atoms. The van der Waals surface area contributed by atoms with Crippen LogP contribution in [0.15, 0.2) is 11.6 Å². The van der Waals surface area contributed by atoms with E-state index in [1.54, 1.807) is 11.8 Å². The molecule has 21 heavy (non-hydrogen) atoms. The van der Waals surface area contributed by atoms with Crippen molar-refractivity contribution < 1.29 is 14.7 Å². The summed E-state index contributed by atoms with van der Waals surface area (Å²) in [5.74, 6) is -0.902. The second-order valence-corrected chi connectivity index (χ2v) is 6.31. The van der Waals surface area contributed by atoms with Crippen molar-refractivity contribution in [2.75, 3.05) is 19.6 Å².